The number of aromatic amines is 1. The van der Waals surface area contributed by atoms with Crippen LogP contribution in [0.4, 0.5) is 5.69 Å². The number of halogens is 1. The van der Waals surface area contributed by atoms with Crippen molar-refractivity contribution in [3.63, 3.8) is 0 Å². The van der Waals surface area contributed by atoms with Crippen molar-refractivity contribution in [2.24, 2.45) is 10.7 Å². The van der Waals surface area contributed by atoms with Crippen molar-refractivity contribution in [1.29, 1.82) is 0 Å². The Morgan fingerprint density at radius 2 is 1.86 bits per heavy atom. The zero-order valence-corrected chi connectivity index (χ0v) is 18.5. The van der Waals surface area contributed by atoms with Crippen LogP contribution in [0.2, 0.25) is 0 Å². The molecule has 0 amide bonds. The molecule has 0 aliphatic rings. The maximum Gasteiger partial charge on any atom is 0.193 e. The van der Waals surface area contributed by atoms with Gasteiger partial charge in [-0.2, -0.15) is 0 Å². The molecule has 7 heteroatoms. The molecule has 0 fully saturated rings. The van der Waals surface area contributed by atoms with E-state index in [4.69, 9.17) is 15.2 Å². The summed E-state index contributed by atoms with van der Waals surface area (Å²) in [4.78, 5) is 7.83. The van der Waals surface area contributed by atoms with Gasteiger partial charge in [-0.25, -0.2) is 0 Å². The van der Waals surface area contributed by atoms with Gasteiger partial charge in [0.2, 0.25) is 0 Å². The Bertz CT molecular complexity index is 891. The largest absolute Gasteiger partial charge is 0.494 e. The molecule has 0 bridgehead atoms. The van der Waals surface area contributed by atoms with Crippen molar-refractivity contribution < 1.29 is 9.47 Å². The number of benzene rings is 2. The number of nitrogens with one attached hydrogen (secondary N) is 2. The van der Waals surface area contributed by atoms with Gasteiger partial charge in [0.15, 0.2) is 5.96 Å². The standard InChI is InChI=1S/C21H26N4O2.HI/c1-3-26-17-9-10-20(27-4-2)19(14-17)25-21(22)23-12-11-16-13-15-7-5-6-8-18(15)24-16;/h5-10,13-14,24H,3-4,11-12H2,1-2H3,(H3,22,23,25);1H. The summed E-state index contributed by atoms with van der Waals surface area (Å²) in [5, 5.41) is 4.32. The Kier molecular flexibility index (Phi) is 8.43. The number of fused-ring (bicyclic) bond motifs is 1. The number of rotatable bonds is 8. The van der Waals surface area contributed by atoms with E-state index in [0.717, 1.165) is 34.8 Å². The van der Waals surface area contributed by atoms with Gasteiger partial charge in [-0.1, -0.05) is 18.2 Å². The van der Waals surface area contributed by atoms with Gasteiger partial charge >= 0.3 is 0 Å². The average Bonchev–Trinajstić information content (AvgIpc) is 3.07. The van der Waals surface area contributed by atoms with Gasteiger partial charge in [0.05, 0.1) is 18.9 Å². The first-order chi connectivity index (χ1) is 13.2. The molecule has 0 radical (unpaired) electrons. The van der Waals surface area contributed by atoms with Gasteiger partial charge in [0, 0.05) is 30.2 Å². The third kappa shape index (κ3) is 5.79. The summed E-state index contributed by atoms with van der Waals surface area (Å²) in [6, 6.07) is 16.0. The van der Waals surface area contributed by atoms with Crippen molar-refractivity contribution in [3.8, 4) is 11.5 Å². The molecule has 1 heterocycles. The molecule has 0 atom stereocenters. The molecule has 3 aromatic rings. The summed E-state index contributed by atoms with van der Waals surface area (Å²) >= 11 is 0. The fraction of sp³-hybridized carbons (Fsp3) is 0.286. The number of hydrogen-bond donors (Lipinski definition) is 3. The normalized spacial score (nSPS) is 11.1. The van der Waals surface area contributed by atoms with Gasteiger partial charge < -0.3 is 25.5 Å². The summed E-state index contributed by atoms with van der Waals surface area (Å²) in [5.74, 6) is 1.82. The van der Waals surface area contributed by atoms with Gasteiger partial charge in [0.25, 0.3) is 0 Å². The lowest BCUT2D eigenvalue weighted by atomic mass is 10.2. The minimum atomic E-state index is 0. The van der Waals surface area contributed by atoms with Crippen molar-refractivity contribution in [2.75, 3.05) is 25.1 Å². The maximum absolute atomic E-state index is 6.07. The molecule has 1 aromatic heterocycles. The highest BCUT2D eigenvalue weighted by atomic mass is 127. The van der Waals surface area contributed by atoms with Crippen LogP contribution in [0, 0.1) is 0 Å². The third-order valence-corrected chi connectivity index (χ3v) is 4.07. The lowest BCUT2D eigenvalue weighted by Crippen LogP contribution is -2.23. The van der Waals surface area contributed by atoms with E-state index in [2.05, 4.69) is 33.5 Å². The van der Waals surface area contributed by atoms with Crippen molar-refractivity contribution in [1.82, 2.24) is 4.98 Å². The second kappa shape index (κ2) is 10.8. The number of nitrogens with zero attached hydrogens (tertiary/aromatic N) is 1. The highest BCUT2D eigenvalue weighted by molar-refractivity contribution is 14.0. The fourth-order valence-corrected chi connectivity index (χ4v) is 2.89. The second-order valence-corrected chi connectivity index (χ2v) is 6.05. The molecule has 0 unspecified atom stereocenters. The number of aliphatic imine (C=N–C) groups is 1. The molecule has 0 aliphatic heterocycles. The Morgan fingerprint density at radius 3 is 2.61 bits per heavy atom. The van der Waals surface area contributed by atoms with Crippen LogP contribution in [-0.2, 0) is 6.42 Å². The quantitative estimate of drug-likeness (QED) is 0.244. The monoisotopic (exact) mass is 494 g/mol. The zero-order chi connectivity index (χ0) is 19.1. The molecule has 0 aliphatic carbocycles. The van der Waals surface area contributed by atoms with Crippen LogP contribution in [0.3, 0.4) is 0 Å². The van der Waals surface area contributed by atoms with E-state index < -0.39 is 0 Å². The Balaban J connectivity index is 0.00000280. The second-order valence-electron chi connectivity index (χ2n) is 6.05. The Morgan fingerprint density at radius 1 is 1.07 bits per heavy atom. The van der Waals surface area contributed by atoms with Crippen LogP contribution in [-0.4, -0.2) is 30.7 Å². The maximum atomic E-state index is 6.07. The van der Waals surface area contributed by atoms with Crippen LogP contribution >= 0.6 is 24.0 Å². The summed E-state index contributed by atoms with van der Waals surface area (Å²) in [6.07, 6.45) is 0.786. The van der Waals surface area contributed by atoms with Crippen molar-refractivity contribution >= 4 is 46.5 Å². The Labute approximate surface area is 182 Å². The number of nitrogens with two attached hydrogens (primary N) is 1. The predicted molar refractivity (Wildman–Crippen MR) is 126 cm³/mol. The van der Waals surface area contributed by atoms with E-state index in [1.165, 1.54) is 5.39 Å². The molecule has 4 N–H and O–H groups in total. The van der Waals surface area contributed by atoms with Crippen molar-refractivity contribution in [3.05, 3.63) is 54.2 Å². The van der Waals surface area contributed by atoms with E-state index in [-0.39, 0.29) is 24.0 Å². The molecule has 3 rings (SSSR count). The molecule has 150 valence electrons. The van der Waals surface area contributed by atoms with Crippen LogP contribution < -0.4 is 20.5 Å². The van der Waals surface area contributed by atoms with E-state index in [0.29, 0.717) is 25.7 Å². The minimum absolute atomic E-state index is 0. The predicted octanol–water partition coefficient (Wildman–Crippen LogP) is 4.55. The molecule has 0 spiro atoms. The number of ether oxygens (including phenoxy) is 2. The Hall–Kier alpha value is -2.42. The summed E-state index contributed by atoms with van der Waals surface area (Å²) in [7, 11) is 0. The highest BCUT2D eigenvalue weighted by Crippen LogP contribution is 2.29. The van der Waals surface area contributed by atoms with E-state index in [1.807, 2.05) is 44.2 Å². The van der Waals surface area contributed by atoms with Crippen LogP contribution in [0.5, 0.6) is 11.5 Å². The van der Waals surface area contributed by atoms with Gasteiger partial charge in [-0.3, -0.25) is 4.99 Å². The first-order valence-corrected chi connectivity index (χ1v) is 9.22. The van der Waals surface area contributed by atoms with Crippen LogP contribution in [0.1, 0.15) is 19.5 Å². The van der Waals surface area contributed by atoms with Crippen molar-refractivity contribution in [2.45, 2.75) is 20.3 Å². The van der Waals surface area contributed by atoms with Gasteiger partial charge in [-0.15, -0.1) is 24.0 Å². The number of H-pyrrole nitrogens is 1. The first kappa shape index (κ1) is 21.9. The van der Waals surface area contributed by atoms with Gasteiger partial charge in [-0.05, 0) is 43.5 Å². The molecule has 0 saturated heterocycles. The van der Waals surface area contributed by atoms with E-state index in [9.17, 15) is 0 Å². The first-order valence-electron chi connectivity index (χ1n) is 9.22. The number of guanidine groups is 1. The molecular weight excluding hydrogens is 467 g/mol. The van der Waals surface area contributed by atoms with E-state index in [1.54, 1.807) is 0 Å². The molecule has 6 nitrogen and oxygen atoms in total. The number of aromatic nitrogens is 1. The van der Waals surface area contributed by atoms with E-state index >= 15 is 0 Å². The summed E-state index contributed by atoms with van der Waals surface area (Å²) in [6.45, 7) is 5.64. The average molecular weight is 494 g/mol. The van der Waals surface area contributed by atoms with Gasteiger partial charge in [0.1, 0.15) is 11.5 Å². The SMILES string of the molecule is CCOc1ccc(OCC)c(NC(N)=NCCc2cc3ccccc3[nH]2)c1.I. The number of anilines is 1. The summed E-state index contributed by atoms with van der Waals surface area (Å²) in [5.41, 5.74) is 9.09. The van der Waals surface area contributed by atoms with Crippen LogP contribution in [0.25, 0.3) is 10.9 Å². The lowest BCUT2D eigenvalue weighted by molar-refractivity contribution is 0.332. The third-order valence-electron chi connectivity index (χ3n) is 4.07. The fourth-order valence-electron chi connectivity index (χ4n) is 2.89. The zero-order valence-electron chi connectivity index (χ0n) is 16.2. The number of hydrogen-bond acceptors (Lipinski definition) is 3. The molecule has 28 heavy (non-hydrogen) atoms. The topological polar surface area (TPSA) is 84.7 Å². The molecular formula is C21H27IN4O2. The molecule has 0 saturated carbocycles. The highest BCUT2D eigenvalue weighted by Gasteiger charge is 2.07. The lowest BCUT2D eigenvalue weighted by Gasteiger charge is -2.13. The minimum Gasteiger partial charge on any atom is -0.494 e. The van der Waals surface area contributed by atoms with Crippen LogP contribution in [0.15, 0.2) is 53.5 Å². The summed E-state index contributed by atoms with van der Waals surface area (Å²) < 4.78 is 11.2. The number of para-hydroxylation sites is 1. The smallest absolute Gasteiger partial charge is 0.193 e. The molecule has 2 aromatic carbocycles.